The fraction of sp³-hybridized carbons (Fsp3) is 0.400. The highest BCUT2D eigenvalue weighted by molar-refractivity contribution is 7.90. The normalized spacial score (nSPS) is 13.8. The second-order valence-electron chi connectivity index (χ2n) is 3.51. The smallest absolute Gasteiger partial charge is 0.179 e. The highest BCUT2D eigenvalue weighted by Gasteiger charge is 2.15. The molecule has 0 saturated heterocycles. The molecule has 5 heteroatoms. The van der Waals surface area contributed by atoms with Crippen LogP contribution in [0.25, 0.3) is 0 Å². The third-order valence-electron chi connectivity index (χ3n) is 2.25. The molecule has 1 aromatic rings. The van der Waals surface area contributed by atoms with Crippen molar-refractivity contribution in [2.45, 2.75) is 24.3 Å². The van der Waals surface area contributed by atoms with E-state index in [0.29, 0.717) is 6.42 Å². The first kappa shape index (κ1) is 12.0. The van der Waals surface area contributed by atoms with Crippen LogP contribution in [0.4, 0.5) is 0 Å². The van der Waals surface area contributed by atoms with Crippen LogP contribution in [0.2, 0.25) is 0 Å². The van der Waals surface area contributed by atoms with Crippen molar-refractivity contribution in [2.75, 3.05) is 6.26 Å². The van der Waals surface area contributed by atoms with Gasteiger partial charge in [0, 0.05) is 12.3 Å². The molecule has 0 saturated carbocycles. The van der Waals surface area contributed by atoms with Gasteiger partial charge in [-0.05, 0) is 24.1 Å². The molecule has 0 aliphatic rings. The van der Waals surface area contributed by atoms with Gasteiger partial charge in [-0.15, -0.1) is 0 Å². The maximum absolute atomic E-state index is 11.3. The predicted molar refractivity (Wildman–Crippen MR) is 58.4 cm³/mol. The lowest BCUT2D eigenvalue weighted by atomic mass is 10.1. The highest BCUT2D eigenvalue weighted by Crippen LogP contribution is 2.26. The minimum atomic E-state index is -3.40. The van der Waals surface area contributed by atoms with E-state index in [4.69, 9.17) is 5.73 Å². The molecule has 1 aromatic carbocycles. The zero-order chi connectivity index (χ0) is 11.6. The zero-order valence-electron chi connectivity index (χ0n) is 8.77. The molecule has 0 aliphatic carbocycles. The molecule has 0 heterocycles. The molecule has 3 N–H and O–H groups in total. The van der Waals surface area contributed by atoms with E-state index in [9.17, 15) is 13.5 Å². The molecule has 0 bridgehead atoms. The molecular formula is C10H15NO3S. The largest absolute Gasteiger partial charge is 0.507 e. The number of nitrogens with two attached hydrogens (primary N) is 1. The molecule has 0 aliphatic heterocycles. The van der Waals surface area contributed by atoms with Gasteiger partial charge >= 0.3 is 0 Å². The number of rotatable bonds is 3. The van der Waals surface area contributed by atoms with Gasteiger partial charge in [0.15, 0.2) is 9.84 Å². The van der Waals surface area contributed by atoms with Crippen molar-refractivity contribution >= 4 is 9.84 Å². The summed E-state index contributed by atoms with van der Waals surface area (Å²) in [7, 11) is -3.40. The number of benzene rings is 1. The SMILES string of the molecule is CC[C@H](N)c1ccc(O)c(S(C)(=O)=O)c1. The van der Waals surface area contributed by atoms with Crippen LogP contribution in [0.3, 0.4) is 0 Å². The fourth-order valence-corrected chi connectivity index (χ4v) is 2.09. The summed E-state index contributed by atoms with van der Waals surface area (Å²) in [5.41, 5.74) is 6.50. The first-order valence-corrected chi connectivity index (χ1v) is 6.54. The first-order chi connectivity index (χ1) is 6.86. The molecule has 4 nitrogen and oxygen atoms in total. The van der Waals surface area contributed by atoms with E-state index in [1.165, 1.54) is 12.1 Å². The zero-order valence-corrected chi connectivity index (χ0v) is 9.58. The van der Waals surface area contributed by atoms with Crippen LogP contribution in [0, 0.1) is 0 Å². The maximum atomic E-state index is 11.3. The average Bonchev–Trinajstić information content (AvgIpc) is 2.15. The molecule has 0 radical (unpaired) electrons. The number of aromatic hydroxyl groups is 1. The highest BCUT2D eigenvalue weighted by atomic mass is 32.2. The number of sulfone groups is 1. The molecule has 15 heavy (non-hydrogen) atoms. The van der Waals surface area contributed by atoms with Gasteiger partial charge in [-0.3, -0.25) is 0 Å². The maximum Gasteiger partial charge on any atom is 0.179 e. The van der Waals surface area contributed by atoms with Crippen LogP contribution in [0.15, 0.2) is 23.1 Å². The average molecular weight is 229 g/mol. The lowest BCUT2D eigenvalue weighted by Crippen LogP contribution is -2.09. The van der Waals surface area contributed by atoms with Gasteiger partial charge in [0.05, 0.1) is 0 Å². The lowest BCUT2D eigenvalue weighted by Gasteiger charge is -2.11. The van der Waals surface area contributed by atoms with E-state index >= 15 is 0 Å². The number of hydrogen-bond acceptors (Lipinski definition) is 4. The van der Waals surface area contributed by atoms with E-state index in [1.54, 1.807) is 6.07 Å². The Kier molecular flexibility index (Phi) is 3.36. The van der Waals surface area contributed by atoms with Crippen LogP contribution in [0.1, 0.15) is 24.9 Å². The Bertz CT molecular complexity index is 454. The Morgan fingerprint density at radius 1 is 1.47 bits per heavy atom. The molecule has 0 aromatic heterocycles. The van der Waals surface area contributed by atoms with Crippen molar-refractivity contribution in [2.24, 2.45) is 5.73 Å². The van der Waals surface area contributed by atoms with Crippen LogP contribution < -0.4 is 5.73 Å². The van der Waals surface area contributed by atoms with E-state index < -0.39 is 9.84 Å². The van der Waals surface area contributed by atoms with Crippen molar-refractivity contribution < 1.29 is 13.5 Å². The second kappa shape index (κ2) is 4.20. The summed E-state index contributed by atoms with van der Waals surface area (Å²) in [4.78, 5) is -0.0658. The third kappa shape index (κ3) is 2.70. The monoisotopic (exact) mass is 229 g/mol. The second-order valence-corrected chi connectivity index (χ2v) is 5.50. The summed E-state index contributed by atoms with van der Waals surface area (Å²) >= 11 is 0. The molecule has 0 fully saturated rings. The van der Waals surface area contributed by atoms with Gasteiger partial charge in [0.25, 0.3) is 0 Å². The number of hydrogen-bond donors (Lipinski definition) is 2. The van der Waals surface area contributed by atoms with Crippen LogP contribution in [-0.2, 0) is 9.84 Å². The Morgan fingerprint density at radius 2 is 2.07 bits per heavy atom. The van der Waals surface area contributed by atoms with Crippen LogP contribution in [0.5, 0.6) is 5.75 Å². The van der Waals surface area contributed by atoms with E-state index in [1.807, 2.05) is 6.92 Å². The van der Waals surface area contributed by atoms with Crippen molar-refractivity contribution in [1.82, 2.24) is 0 Å². The molecule has 1 rings (SSSR count). The fourth-order valence-electron chi connectivity index (χ4n) is 1.29. The topological polar surface area (TPSA) is 80.4 Å². The lowest BCUT2D eigenvalue weighted by molar-refractivity contribution is 0.458. The molecule has 1 atom stereocenters. The Morgan fingerprint density at radius 3 is 2.53 bits per heavy atom. The van der Waals surface area contributed by atoms with E-state index in [2.05, 4.69) is 0 Å². The van der Waals surface area contributed by atoms with Crippen LogP contribution in [-0.4, -0.2) is 19.8 Å². The van der Waals surface area contributed by atoms with Gasteiger partial charge in [-0.25, -0.2) is 8.42 Å². The predicted octanol–water partition coefficient (Wildman–Crippen LogP) is 1.21. The van der Waals surface area contributed by atoms with Crippen molar-refractivity contribution in [1.29, 1.82) is 0 Å². The number of phenols is 1. The van der Waals surface area contributed by atoms with Gasteiger partial charge in [0.2, 0.25) is 0 Å². The van der Waals surface area contributed by atoms with E-state index in [0.717, 1.165) is 11.8 Å². The van der Waals surface area contributed by atoms with Gasteiger partial charge in [-0.2, -0.15) is 0 Å². The quantitative estimate of drug-likeness (QED) is 0.816. The number of phenolic OH excluding ortho intramolecular Hbond substituents is 1. The minimum Gasteiger partial charge on any atom is -0.507 e. The first-order valence-electron chi connectivity index (χ1n) is 4.64. The standard InChI is InChI=1S/C10H15NO3S/c1-3-8(11)7-4-5-9(12)10(6-7)15(2,13)14/h4-6,8,12H,3,11H2,1-2H3/t8-/m0/s1. The van der Waals surface area contributed by atoms with Crippen molar-refractivity contribution in [3.05, 3.63) is 23.8 Å². The van der Waals surface area contributed by atoms with Gasteiger partial charge < -0.3 is 10.8 Å². The summed E-state index contributed by atoms with van der Waals surface area (Å²) < 4.78 is 22.6. The Balaban J connectivity index is 3.29. The molecule has 0 spiro atoms. The van der Waals surface area contributed by atoms with Gasteiger partial charge in [0.1, 0.15) is 10.6 Å². The van der Waals surface area contributed by atoms with Gasteiger partial charge in [-0.1, -0.05) is 13.0 Å². The Labute approximate surface area is 89.7 Å². The summed E-state index contributed by atoms with van der Waals surface area (Å²) in [5, 5.41) is 9.41. The summed E-state index contributed by atoms with van der Waals surface area (Å²) in [6, 6.07) is 4.23. The molecule has 0 amide bonds. The summed E-state index contributed by atoms with van der Waals surface area (Å²) in [5.74, 6) is -0.232. The summed E-state index contributed by atoms with van der Waals surface area (Å²) in [6.07, 6.45) is 1.78. The summed E-state index contributed by atoms with van der Waals surface area (Å²) in [6.45, 7) is 1.91. The van der Waals surface area contributed by atoms with Crippen molar-refractivity contribution in [3.63, 3.8) is 0 Å². The van der Waals surface area contributed by atoms with Crippen LogP contribution >= 0.6 is 0 Å². The Hall–Kier alpha value is -1.07. The molecule has 0 unspecified atom stereocenters. The molecule has 84 valence electrons. The minimum absolute atomic E-state index is 0.0658. The van der Waals surface area contributed by atoms with E-state index in [-0.39, 0.29) is 16.7 Å². The molecular weight excluding hydrogens is 214 g/mol. The third-order valence-corrected chi connectivity index (χ3v) is 3.38. The van der Waals surface area contributed by atoms with Crippen molar-refractivity contribution in [3.8, 4) is 5.75 Å².